The molecule has 0 atom stereocenters. The van der Waals surface area contributed by atoms with E-state index in [4.69, 9.17) is 5.11 Å². The molecule has 0 bridgehead atoms. The highest BCUT2D eigenvalue weighted by atomic mass is 16.4. The summed E-state index contributed by atoms with van der Waals surface area (Å²) in [5, 5.41) is 15.2. The maximum absolute atomic E-state index is 11.0. The van der Waals surface area contributed by atoms with Crippen LogP contribution in [0.3, 0.4) is 0 Å². The van der Waals surface area contributed by atoms with E-state index in [1.165, 1.54) is 6.20 Å². The Labute approximate surface area is 106 Å². The van der Waals surface area contributed by atoms with E-state index in [-0.39, 0.29) is 5.56 Å². The third-order valence-corrected chi connectivity index (χ3v) is 3.27. The molecule has 7 heteroatoms. The molecule has 0 unspecified atom stereocenters. The molecular weight excluding hydrogens is 234 g/mol. The first kappa shape index (κ1) is 13.0. The fourth-order valence-electron chi connectivity index (χ4n) is 2.00. The van der Waals surface area contributed by atoms with Crippen molar-refractivity contribution >= 4 is 5.97 Å². The fourth-order valence-corrected chi connectivity index (χ4v) is 2.00. The van der Waals surface area contributed by atoms with E-state index < -0.39 is 5.97 Å². The molecule has 7 nitrogen and oxygen atoms in total. The molecule has 2 rings (SSSR count). The van der Waals surface area contributed by atoms with Gasteiger partial charge in [-0.3, -0.25) is 4.68 Å². The van der Waals surface area contributed by atoms with E-state index in [1.807, 2.05) is 0 Å². The van der Waals surface area contributed by atoms with Gasteiger partial charge < -0.3 is 10.0 Å². The fraction of sp³-hybridized carbons (Fsp3) is 0.636. The third-order valence-electron chi connectivity index (χ3n) is 3.27. The molecule has 0 spiro atoms. The Balaban J connectivity index is 1.94. The zero-order valence-corrected chi connectivity index (χ0v) is 10.8. The summed E-state index contributed by atoms with van der Waals surface area (Å²) in [6.07, 6.45) is 1.39. The van der Waals surface area contributed by atoms with Crippen molar-refractivity contribution in [1.29, 1.82) is 0 Å². The van der Waals surface area contributed by atoms with E-state index in [1.54, 1.807) is 11.7 Å². The maximum Gasteiger partial charge on any atom is 0.339 e. The van der Waals surface area contributed by atoms with Crippen molar-refractivity contribution in [2.75, 3.05) is 33.2 Å². The Morgan fingerprint density at radius 3 is 2.67 bits per heavy atom. The van der Waals surface area contributed by atoms with Crippen LogP contribution in [0.4, 0.5) is 0 Å². The number of carbonyl (C=O) groups is 1. The molecule has 1 saturated heterocycles. The molecule has 2 heterocycles. The average Bonchev–Trinajstić information content (AvgIpc) is 2.70. The lowest BCUT2D eigenvalue weighted by Gasteiger charge is -2.32. The lowest BCUT2D eigenvalue weighted by atomic mass is 10.2. The summed E-state index contributed by atoms with van der Waals surface area (Å²) in [5.74, 6) is -0.932. The minimum Gasteiger partial charge on any atom is -0.478 e. The number of piperazine rings is 1. The predicted octanol–water partition coefficient (Wildman–Crippen LogP) is -0.630. The van der Waals surface area contributed by atoms with Crippen LogP contribution in [0.5, 0.6) is 0 Å². The number of aryl methyl sites for hydroxylation is 1. The van der Waals surface area contributed by atoms with Crippen molar-refractivity contribution in [2.45, 2.75) is 6.54 Å². The highest BCUT2D eigenvalue weighted by Crippen LogP contribution is 2.07. The zero-order valence-electron chi connectivity index (χ0n) is 10.8. The van der Waals surface area contributed by atoms with Gasteiger partial charge in [0.15, 0.2) is 0 Å². The minimum atomic E-state index is -0.932. The summed E-state index contributed by atoms with van der Waals surface area (Å²) in [4.78, 5) is 13.3. The van der Waals surface area contributed by atoms with Gasteiger partial charge in [0, 0.05) is 33.2 Å². The molecule has 1 aromatic heterocycles. The smallest absolute Gasteiger partial charge is 0.339 e. The topological polar surface area (TPSA) is 73.6 Å². The molecule has 1 fully saturated rings. The molecule has 1 aliphatic heterocycles. The van der Waals surface area contributed by atoms with Crippen LogP contribution in [0.15, 0.2) is 6.20 Å². The van der Waals surface area contributed by atoms with Crippen LogP contribution in [0.2, 0.25) is 0 Å². The summed E-state index contributed by atoms with van der Waals surface area (Å²) in [5.41, 5.74) is 4.22. The molecular formula is C11H19N5O2. The van der Waals surface area contributed by atoms with Crippen molar-refractivity contribution < 1.29 is 9.90 Å². The molecule has 0 radical (unpaired) electrons. The Kier molecular flexibility index (Phi) is 3.95. The van der Waals surface area contributed by atoms with Crippen LogP contribution >= 0.6 is 0 Å². The van der Waals surface area contributed by atoms with E-state index >= 15 is 0 Å². The first-order valence-electron chi connectivity index (χ1n) is 5.99. The van der Waals surface area contributed by atoms with Crippen molar-refractivity contribution in [3.05, 3.63) is 17.5 Å². The predicted molar refractivity (Wildman–Crippen MR) is 66.1 cm³/mol. The first-order chi connectivity index (χ1) is 8.58. The molecule has 0 aliphatic carbocycles. The van der Waals surface area contributed by atoms with Gasteiger partial charge in [-0.15, -0.1) is 0 Å². The Morgan fingerprint density at radius 2 is 2.06 bits per heavy atom. The molecule has 100 valence electrons. The number of nitrogens with one attached hydrogen (secondary N) is 1. The molecule has 0 aromatic carbocycles. The number of carboxylic acid groups (broad SMARTS) is 1. The van der Waals surface area contributed by atoms with Crippen molar-refractivity contribution in [2.24, 2.45) is 7.05 Å². The molecule has 2 N–H and O–H groups in total. The second-order valence-corrected chi connectivity index (χ2v) is 4.56. The highest BCUT2D eigenvalue weighted by molar-refractivity contribution is 5.88. The maximum atomic E-state index is 11.0. The summed E-state index contributed by atoms with van der Waals surface area (Å²) < 4.78 is 1.60. The van der Waals surface area contributed by atoms with E-state index in [0.717, 1.165) is 26.2 Å². The number of hydrazine groups is 1. The van der Waals surface area contributed by atoms with Crippen LogP contribution < -0.4 is 5.43 Å². The number of rotatable bonds is 4. The molecule has 0 amide bonds. The normalized spacial score (nSPS) is 18.1. The number of hydrogen-bond acceptors (Lipinski definition) is 5. The van der Waals surface area contributed by atoms with Gasteiger partial charge in [-0.1, -0.05) is 0 Å². The van der Waals surface area contributed by atoms with Gasteiger partial charge in [-0.2, -0.15) is 5.10 Å². The van der Waals surface area contributed by atoms with Gasteiger partial charge in [0.1, 0.15) is 5.56 Å². The highest BCUT2D eigenvalue weighted by Gasteiger charge is 2.17. The van der Waals surface area contributed by atoms with Gasteiger partial charge >= 0.3 is 5.97 Å². The van der Waals surface area contributed by atoms with Gasteiger partial charge in [0.05, 0.1) is 18.4 Å². The van der Waals surface area contributed by atoms with Crippen LogP contribution in [-0.2, 0) is 13.6 Å². The minimum absolute atomic E-state index is 0.263. The quantitative estimate of drug-likeness (QED) is 0.744. The number of likely N-dealkylation sites (N-methyl/N-ethyl adjacent to an activating group) is 1. The zero-order chi connectivity index (χ0) is 13.1. The van der Waals surface area contributed by atoms with Crippen molar-refractivity contribution in [1.82, 2.24) is 25.1 Å². The first-order valence-corrected chi connectivity index (χ1v) is 5.99. The second-order valence-electron chi connectivity index (χ2n) is 4.56. The standard InChI is InChI=1S/C11H19N5O2/c1-14-3-5-16(6-4-14)13-8-10-9(11(17)18)7-12-15(10)2/h7,13H,3-6,8H2,1-2H3,(H,17,18). The summed E-state index contributed by atoms with van der Waals surface area (Å²) in [7, 11) is 3.86. The average molecular weight is 253 g/mol. The number of carboxylic acids is 1. The second kappa shape index (κ2) is 5.47. The van der Waals surface area contributed by atoms with Gasteiger partial charge in [-0.05, 0) is 7.05 Å². The lowest BCUT2D eigenvalue weighted by molar-refractivity contribution is 0.0692. The van der Waals surface area contributed by atoms with Crippen LogP contribution in [-0.4, -0.2) is 64.0 Å². The van der Waals surface area contributed by atoms with Gasteiger partial charge in [0.25, 0.3) is 0 Å². The van der Waals surface area contributed by atoms with Crippen LogP contribution in [0.1, 0.15) is 16.1 Å². The summed E-state index contributed by atoms with van der Waals surface area (Å²) in [6, 6.07) is 0. The number of aromatic nitrogens is 2. The Hall–Kier alpha value is -1.44. The lowest BCUT2D eigenvalue weighted by Crippen LogP contribution is -2.50. The van der Waals surface area contributed by atoms with E-state index in [0.29, 0.717) is 12.2 Å². The molecule has 0 saturated carbocycles. The van der Waals surface area contributed by atoms with E-state index in [9.17, 15) is 4.79 Å². The van der Waals surface area contributed by atoms with Crippen LogP contribution in [0.25, 0.3) is 0 Å². The number of nitrogens with zero attached hydrogens (tertiary/aromatic N) is 4. The summed E-state index contributed by atoms with van der Waals surface area (Å²) >= 11 is 0. The van der Waals surface area contributed by atoms with Crippen molar-refractivity contribution in [3.63, 3.8) is 0 Å². The van der Waals surface area contributed by atoms with E-state index in [2.05, 4.69) is 27.5 Å². The Bertz CT molecular complexity index is 423. The summed E-state index contributed by atoms with van der Waals surface area (Å²) in [6.45, 7) is 4.41. The van der Waals surface area contributed by atoms with Crippen molar-refractivity contribution in [3.8, 4) is 0 Å². The third kappa shape index (κ3) is 2.87. The monoisotopic (exact) mass is 253 g/mol. The molecule has 1 aliphatic rings. The van der Waals surface area contributed by atoms with Crippen LogP contribution in [0, 0.1) is 0 Å². The largest absolute Gasteiger partial charge is 0.478 e. The van der Waals surface area contributed by atoms with Gasteiger partial charge in [-0.25, -0.2) is 15.2 Å². The molecule has 1 aromatic rings. The molecule has 18 heavy (non-hydrogen) atoms. The SMILES string of the molecule is CN1CCN(NCc2c(C(=O)O)cnn2C)CC1. The number of aromatic carboxylic acids is 1. The van der Waals surface area contributed by atoms with Gasteiger partial charge in [0.2, 0.25) is 0 Å². The Morgan fingerprint density at radius 1 is 1.39 bits per heavy atom. The number of hydrogen-bond donors (Lipinski definition) is 2.